The zero-order valence-electron chi connectivity index (χ0n) is 15.3. The summed E-state index contributed by atoms with van der Waals surface area (Å²) in [6.45, 7) is 4.72. The highest BCUT2D eigenvalue weighted by Crippen LogP contribution is 2.29. The molecule has 7 nitrogen and oxygen atoms in total. The lowest BCUT2D eigenvalue weighted by molar-refractivity contribution is -0.127. The molecule has 0 saturated carbocycles. The number of imide groups is 1. The number of nitrogens with one attached hydrogen (secondary N) is 1. The number of fused-ring (bicyclic) bond motifs is 1. The summed E-state index contributed by atoms with van der Waals surface area (Å²) in [4.78, 5) is 35.4. The zero-order chi connectivity index (χ0) is 18.3. The molecule has 3 unspecified atom stereocenters. The van der Waals surface area contributed by atoms with Gasteiger partial charge < -0.3 is 14.7 Å². The van der Waals surface area contributed by atoms with Crippen LogP contribution >= 0.6 is 0 Å². The normalized spacial score (nSPS) is 28.8. The first-order valence-corrected chi connectivity index (χ1v) is 9.25. The number of hydrogen-bond acceptors (Lipinski definition) is 5. The molecule has 0 radical (unpaired) electrons. The molecule has 2 saturated heterocycles. The molecule has 0 aliphatic carbocycles. The minimum absolute atomic E-state index is 0.266. The largest absolute Gasteiger partial charge is 0.342 e. The number of aliphatic imine (C=N–C) groups is 1. The van der Waals surface area contributed by atoms with Gasteiger partial charge in [0, 0.05) is 26.7 Å². The molecule has 7 heteroatoms. The summed E-state index contributed by atoms with van der Waals surface area (Å²) >= 11 is 0. The first kappa shape index (κ1) is 16.9. The number of carbonyl (C=O) groups excluding carboxylic acids is 2. The van der Waals surface area contributed by atoms with Gasteiger partial charge in [0.05, 0.1) is 0 Å². The molecule has 0 spiro atoms. The molecule has 3 aliphatic rings. The van der Waals surface area contributed by atoms with E-state index < -0.39 is 12.2 Å². The van der Waals surface area contributed by atoms with Gasteiger partial charge in [-0.3, -0.25) is 10.1 Å². The van der Waals surface area contributed by atoms with E-state index in [9.17, 15) is 9.59 Å². The minimum Gasteiger partial charge on any atom is -0.342 e. The Morgan fingerprint density at radius 2 is 2.00 bits per heavy atom. The van der Waals surface area contributed by atoms with E-state index in [1.54, 1.807) is 7.05 Å². The van der Waals surface area contributed by atoms with Crippen LogP contribution in [0.15, 0.2) is 35.3 Å². The zero-order valence-corrected chi connectivity index (χ0v) is 15.3. The number of carbonyl (C=O) groups is 2. The van der Waals surface area contributed by atoms with Crippen LogP contribution in [0.5, 0.6) is 0 Å². The standard InChI is InChI=1S/C19H25N5O2/c1-13-7-6-10-23(11-13)18-20-16-15(17(25)21-19(26)22(16)2)24(18)12-14-8-4-3-5-9-14/h3-5,8-9,13,15-16H,6-7,10-12H2,1-2H3,(H,21,25,26). The minimum atomic E-state index is -0.481. The molecule has 1 aromatic carbocycles. The average molecular weight is 355 g/mol. The first-order valence-electron chi connectivity index (χ1n) is 9.25. The van der Waals surface area contributed by atoms with E-state index in [1.807, 2.05) is 18.2 Å². The smallest absolute Gasteiger partial charge is 0.325 e. The van der Waals surface area contributed by atoms with Crippen LogP contribution in [0.2, 0.25) is 0 Å². The SMILES string of the molecule is CC1CCCN(C2=NC3C(C(=O)NC(=O)N3C)N2Cc2ccccc2)C1. The summed E-state index contributed by atoms with van der Waals surface area (Å²) in [6.07, 6.45) is 1.87. The molecule has 138 valence electrons. The fourth-order valence-electron chi connectivity index (χ4n) is 4.09. The van der Waals surface area contributed by atoms with Crippen LogP contribution in [0.1, 0.15) is 25.3 Å². The van der Waals surface area contributed by atoms with E-state index in [-0.39, 0.29) is 11.9 Å². The lowest BCUT2D eigenvalue weighted by atomic mass is 10.0. The van der Waals surface area contributed by atoms with E-state index >= 15 is 0 Å². The van der Waals surface area contributed by atoms with E-state index in [0.29, 0.717) is 12.5 Å². The molecule has 1 N–H and O–H groups in total. The number of guanidine groups is 1. The van der Waals surface area contributed by atoms with Gasteiger partial charge in [0.2, 0.25) is 0 Å². The Kier molecular flexibility index (Phi) is 4.30. The fraction of sp³-hybridized carbons (Fsp3) is 0.526. The van der Waals surface area contributed by atoms with E-state index in [1.165, 1.54) is 11.3 Å². The number of urea groups is 1. The number of rotatable bonds is 2. The number of amides is 3. The van der Waals surface area contributed by atoms with Gasteiger partial charge >= 0.3 is 6.03 Å². The van der Waals surface area contributed by atoms with Crippen molar-refractivity contribution in [3.05, 3.63) is 35.9 Å². The number of piperidine rings is 1. The number of likely N-dealkylation sites (tertiary alicyclic amines) is 1. The maximum absolute atomic E-state index is 12.6. The molecule has 1 aromatic rings. The Morgan fingerprint density at radius 3 is 2.73 bits per heavy atom. The second-order valence-corrected chi connectivity index (χ2v) is 7.50. The summed E-state index contributed by atoms with van der Waals surface area (Å²) in [6, 6.07) is 9.23. The number of likely N-dealkylation sites (N-methyl/N-ethyl adjacent to an activating group) is 1. The summed E-state index contributed by atoms with van der Waals surface area (Å²) in [7, 11) is 1.70. The van der Waals surface area contributed by atoms with Crippen molar-refractivity contribution in [2.24, 2.45) is 10.9 Å². The van der Waals surface area contributed by atoms with Crippen molar-refractivity contribution in [2.75, 3.05) is 20.1 Å². The summed E-state index contributed by atoms with van der Waals surface area (Å²) < 4.78 is 0. The topological polar surface area (TPSA) is 68.2 Å². The molecule has 0 bridgehead atoms. The maximum Gasteiger partial charge on any atom is 0.325 e. The molecule has 3 heterocycles. The third-order valence-corrected chi connectivity index (χ3v) is 5.47. The van der Waals surface area contributed by atoms with Crippen LogP contribution in [0, 0.1) is 5.92 Å². The third kappa shape index (κ3) is 2.91. The van der Waals surface area contributed by atoms with E-state index in [4.69, 9.17) is 4.99 Å². The highest BCUT2D eigenvalue weighted by molar-refractivity contribution is 6.03. The Bertz CT molecular complexity index is 735. The highest BCUT2D eigenvalue weighted by atomic mass is 16.2. The Hall–Kier alpha value is -2.57. The predicted octanol–water partition coefficient (Wildman–Crippen LogP) is 1.47. The summed E-state index contributed by atoms with van der Waals surface area (Å²) in [5.41, 5.74) is 1.12. The van der Waals surface area contributed by atoms with Crippen molar-refractivity contribution >= 4 is 17.9 Å². The first-order chi connectivity index (χ1) is 12.5. The van der Waals surface area contributed by atoms with Gasteiger partial charge in [-0.15, -0.1) is 0 Å². The second kappa shape index (κ2) is 6.63. The van der Waals surface area contributed by atoms with Crippen LogP contribution in [-0.2, 0) is 11.3 Å². The Balaban J connectivity index is 1.68. The second-order valence-electron chi connectivity index (χ2n) is 7.50. The molecule has 26 heavy (non-hydrogen) atoms. The van der Waals surface area contributed by atoms with Gasteiger partial charge in [0.25, 0.3) is 5.91 Å². The van der Waals surface area contributed by atoms with Gasteiger partial charge in [0.1, 0.15) is 0 Å². The molecular weight excluding hydrogens is 330 g/mol. The Morgan fingerprint density at radius 1 is 1.23 bits per heavy atom. The van der Waals surface area contributed by atoms with Crippen molar-refractivity contribution in [2.45, 2.75) is 38.5 Å². The van der Waals surface area contributed by atoms with E-state index in [0.717, 1.165) is 31.0 Å². The lowest BCUT2D eigenvalue weighted by Gasteiger charge is -2.39. The van der Waals surface area contributed by atoms with Crippen LogP contribution in [-0.4, -0.2) is 64.9 Å². The van der Waals surface area contributed by atoms with Crippen LogP contribution in [0.4, 0.5) is 4.79 Å². The van der Waals surface area contributed by atoms with Gasteiger partial charge in [-0.2, -0.15) is 0 Å². The molecule has 0 aromatic heterocycles. The molecule has 3 amide bonds. The maximum atomic E-state index is 12.6. The van der Waals surface area contributed by atoms with Crippen molar-refractivity contribution in [3.8, 4) is 0 Å². The van der Waals surface area contributed by atoms with Crippen LogP contribution in [0.3, 0.4) is 0 Å². The fourth-order valence-corrected chi connectivity index (χ4v) is 4.09. The van der Waals surface area contributed by atoms with Gasteiger partial charge in [-0.05, 0) is 24.3 Å². The van der Waals surface area contributed by atoms with Crippen LogP contribution in [0.25, 0.3) is 0 Å². The number of benzene rings is 1. The van der Waals surface area contributed by atoms with Crippen LogP contribution < -0.4 is 5.32 Å². The van der Waals surface area contributed by atoms with Crippen molar-refractivity contribution in [1.82, 2.24) is 20.0 Å². The van der Waals surface area contributed by atoms with Crippen molar-refractivity contribution in [1.29, 1.82) is 0 Å². The number of nitrogens with zero attached hydrogens (tertiary/aromatic N) is 4. The van der Waals surface area contributed by atoms with Gasteiger partial charge in [-0.1, -0.05) is 37.3 Å². The Labute approximate surface area is 153 Å². The molecule has 3 aliphatic heterocycles. The average Bonchev–Trinajstić information content (AvgIpc) is 3.01. The monoisotopic (exact) mass is 355 g/mol. The highest BCUT2D eigenvalue weighted by Gasteiger charge is 2.49. The van der Waals surface area contributed by atoms with Gasteiger partial charge in [0.15, 0.2) is 18.2 Å². The van der Waals surface area contributed by atoms with Crippen molar-refractivity contribution < 1.29 is 9.59 Å². The third-order valence-electron chi connectivity index (χ3n) is 5.47. The molecule has 2 fully saturated rings. The number of hydrogen-bond donors (Lipinski definition) is 1. The molecular formula is C19H25N5O2. The molecule has 4 rings (SSSR count). The summed E-state index contributed by atoms with van der Waals surface area (Å²) in [5, 5.41) is 2.46. The molecule has 3 atom stereocenters. The van der Waals surface area contributed by atoms with Crippen molar-refractivity contribution in [3.63, 3.8) is 0 Å². The summed E-state index contributed by atoms with van der Waals surface area (Å²) in [5.74, 6) is 1.17. The lowest BCUT2D eigenvalue weighted by Crippen LogP contribution is -2.64. The predicted molar refractivity (Wildman–Crippen MR) is 98.3 cm³/mol. The van der Waals surface area contributed by atoms with Gasteiger partial charge in [-0.25, -0.2) is 9.79 Å². The van der Waals surface area contributed by atoms with E-state index in [2.05, 4.69) is 34.2 Å². The quantitative estimate of drug-likeness (QED) is 0.872.